The second kappa shape index (κ2) is 5.25. The van der Waals surface area contributed by atoms with Crippen LogP contribution in [0.2, 0.25) is 0 Å². The highest BCUT2D eigenvalue weighted by atomic mass is 15.2. The minimum absolute atomic E-state index is 0.582. The van der Waals surface area contributed by atoms with Crippen LogP contribution in [0.5, 0.6) is 0 Å². The number of rotatable bonds is 3. The quantitative estimate of drug-likeness (QED) is 0.833. The molecule has 0 bridgehead atoms. The second-order valence-corrected chi connectivity index (χ2v) is 4.49. The Hall–Kier alpha value is -1.16. The highest BCUT2D eigenvalue weighted by Gasteiger charge is 2.23. The number of nitrogens with zero attached hydrogens (tertiary/aromatic N) is 3. The van der Waals surface area contributed by atoms with Crippen molar-refractivity contribution in [2.45, 2.75) is 26.3 Å². The van der Waals surface area contributed by atoms with Crippen LogP contribution in [0.4, 0.5) is 5.69 Å². The summed E-state index contributed by atoms with van der Waals surface area (Å²) in [5.41, 5.74) is 1.14. The fourth-order valence-electron chi connectivity index (χ4n) is 2.13. The molecule has 0 saturated carbocycles. The largest absolute Gasteiger partial charge is 0.366 e. The Labute approximate surface area is 97.1 Å². The molecule has 4 nitrogen and oxygen atoms in total. The Morgan fingerprint density at radius 2 is 2.25 bits per heavy atom. The molecule has 2 rings (SSSR count). The van der Waals surface area contributed by atoms with Crippen molar-refractivity contribution >= 4 is 5.69 Å². The van der Waals surface area contributed by atoms with E-state index < -0.39 is 0 Å². The van der Waals surface area contributed by atoms with E-state index >= 15 is 0 Å². The van der Waals surface area contributed by atoms with Crippen LogP contribution in [0.3, 0.4) is 0 Å². The molecular weight excluding hydrogens is 200 g/mol. The Morgan fingerprint density at radius 1 is 1.50 bits per heavy atom. The first kappa shape index (κ1) is 11.3. The van der Waals surface area contributed by atoms with Gasteiger partial charge in [-0.1, -0.05) is 20.3 Å². The van der Waals surface area contributed by atoms with Crippen LogP contribution in [-0.2, 0) is 0 Å². The molecule has 16 heavy (non-hydrogen) atoms. The maximum Gasteiger partial charge on any atom is 0.115 e. The smallest absolute Gasteiger partial charge is 0.115 e. The van der Waals surface area contributed by atoms with E-state index in [1.807, 2.05) is 12.4 Å². The van der Waals surface area contributed by atoms with E-state index in [9.17, 15) is 0 Å². The predicted molar refractivity (Wildman–Crippen MR) is 65.5 cm³/mol. The molecule has 1 fully saturated rings. The summed E-state index contributed by atoms with van der Waals surface area (Å²) in [6.07, 6.45) is 6.59. The van der Waals surface area contributed by atoms with Gasteiger partial charge >= 0.3 is 0 Å². The van der Waals surface area contributed by atoms with E-state index in [0.717, 1.165) is 25.3 Å². The first-order valence-electron chi connectivity index (χ1n) is 6.04. The maximum atomic E-state index is 4.08. The van der Waals surface area contributed by atoms with Crippen LogP contribution in [0, 0.1) is 5.92 Å². The van der Waals surface area contributed by atoms with Gasteiger partial charge in [0.2, 0.25) is 0 Å². The number of piperazine rings is 1. The minimum atomic E-state index is 0.582. The lowest BCUT2D eigenvalue weighted by atomic mass is 9.97. The summed E-state index contributed by atoms with van der Waals surface area (Å²) in [6, 6.07) is 0.582. The molecule has 1 saturated heterocycles. The number of anilines is 1. The minimum Gasteiger partial charge on any atom is -0.366 e. The van der Waals surface area contributed by atoms with Crippen molar-refractivity contribution in [1.82, 2.24) is 15.3 Å². The predicted octanol–water partition coefficient (Wildman–Crippen LogP) is 1.30. The molecule has 0 radical (unpaired) electrons. The summed E-state index contributed by atoms with van der Waals surface area (Å²) in [7, 11) is 0. The Bertz CT molecular complexity index is 314. The lowest BCUT2D eigenvalue weighted by molar-refractivity contribution is 0.341. The summed E-state index contributed by atoms with van der Waals surface area (Å²) in [5.74, 6) is 0.715. The summed E-state index contributed by atoms with van der Waals surface area (Å²) >= 11 is 0. The van der Waals surface area contributed by atoms with E-state index in [2.05, 4.69) is 34.0 Å². The van der Waals surface area contributed by atoms with Crippen LogP contribution in [0.15, 0.2) is 18.7 Å². The van der Waals surface area contributed by atoms with E-state index in [4.69, 9.17) is 0 Å². The van der Waals surface area contributed by atoms with Gasteiger partial charge in [0.15, 0.2) is 0 Å². The summed E-state index contributed by atoms with van der Waals surface area (Å²) < 4.78 is 0. The van der Waals surface area contributed by atoms with Gasteiger partial charge < -0.3 is 10.2 Å². The lowest BCUT2D eigenvalue weighted by Crippen LogP contribution is -2.53. The van der Waals surface area contributed by atoms with Crippen molar-refractivity contribution in [2.75, 3.05) is 24.5 Å². The molecule has 2 heterocycles. The standard InChI is InChI=1S/C12H20N4/c1-3-10(2)12-8-16(5-4-15-12)11-6-13-9-14-7-11/h6-7,9-10,12,15H,3-5,8H2,1-2H3. The molecular formula is C12H20N4. The second-order valence-electron chi connectivity index (χ2n) is 4.49. The topological polar surface area (TPSA) is 41.1 Å². The molecule has 1 aromatic heterocycles. The zero-order valence-electron chi connectivity index (χ0n) is 10.1. The van der Waals surface area contributed by atoms with Crippen molar-refractivity contribution < 1.29 is 0 Å². The first-order chi connectivity index (χ1) is 7.81. The van der Waals surface area contributed by atoms with Crippen molar-refractivity contribution in [3.05, 3.63) is 18.7 Å². The van der Waals surface area contributed by atoms with Gasteiger partial charge in [-0.15, -0.1) is 0 Å². The molecule has 0 spiro atoms. The average Bonchev–Trinajstić information content (AvgIpc) is 2.39. The zero-order valence-corrected chi connectivity index (χ0v) is 10.1. The molecule has 2 atom stereocenters. The monoisotopic (exact) mass is 220 g/mol. The van der Waals surface area contributed by atoms with Crippen molar-refractivity contribution in [1.29, 1.82) is 0 Å². The number of nitrogens with one attached hydrogen (secondary N) is 1. The first-order valence-corrected chi connectivity index (χ1v) is 6.04. The van der Waals surface area contributed by atoms with Crippen LogP contribution in [-0.4, -0.2) is 35.6 Å². The highest BCUT2D eigenvalue weighted by molar-refractivity contribution is 5.42. The lowest BCUT2D eigenvalue weighted by Gasteiger charge is -2.37. The summed E-state index contributed by atoms with van der Waals surface area (Å²) in [6.45, 7) is 7.70. The van der Waals surface area contributed by atoms with Crippen molar-refractivity contribution in [3.8, 4) is 0 Å². The fraction of sp³-hybridized carbons (Fsp3) is 0.667. The SMILES string of the molecule is CCC(C)C1CN(c2cncnc2)CCN1. The zero-order chi connectivity index (χ0) is 11.4. The van der Waals surface area contributed by atoms with Crippen LogP contribution in [0.25, 0.3) is 0 Å². The summed E-state index contributed by atoms with van der Waals surface area (Å²) in [5, 5.41) is 3.59. The number of aromatic nitrogens is 2. The molecule has 1 aromatic rings. The fourth-order valence-corrected chi connectivity index (χ4v) is 2.13. The van der Waals surface area contributed by atoms with Gasteiger partial charge in [0, 0.05) is 25.7 Å². The van der Waals surface area contributed by atoms with Gasteiger partial charge in [-0.25, -0.2) is 9.97 Å². The average molecular weight is 220 g/mol. The molecule has 88 valence electrons. The molecule has 2 unspecified atom stereocenters. The number of hydrogen-bond acceptors (Lipinski definition) is 4. The van der Waals surface area contributed by atoms with Gasteiger partial charge in [0.25, 0.3) is 0 Å². The third kappa shape index (κ3) is 2.50. The molecule has 4 heteroatoms. The molecule has 0 amide bonds. The van der Waals surface area contributed by atoms with Crippen LogP contribution in [0.1, 0.15) is 20.3 Å². The Kier molecular flexibility index (Phi) is 3.72. The van der Waals surface area contributed by atoms with Gasteiger partial charge in [-0.2, -0.15) is 0 Å². The third-order valence-corrected chi connectivity index (χ3v) is 3.45. The van der Waals surface area contributed by atoms with Crippen LogP contribution < -0.4 is 10.2 Å². The maximum absolute atomic E-state index is 4.08. The highest BCUT2D eigenvalue weighted by Crippen LogP contribution is 2.17. The van der Waals surface area contributed by atoms with E-state index in [1.165, 1.54) is 6.42 Å². The molecule has 1 aliphatic rings. The molecule has 0 aromatic carbocycles. The normalized spacial score (nSPS) is 23.1. The van der Waals surface area contributed by atoms with Gasteiger partial charge in [-0.3, -0.25) is 0 Å². The van der Waals surface area contributed by atoms with Gasteiger partial charge in [0.05, 0.1) is 18.1 Å². The van der Waals surface area contributed by atoms with Gasteiger partial charge in [0.1, 0.15) is 6.33 Å². The van der Waals surface area contributed by atoms with Crippen molar-refractivity contribution in [3.63, 3.8) is 0 Å². The van der Waals surface area contributed by atoms with Crippen LogP contribution >= 0.6 is 0 Å². The van der Waals surface area contributed by atoms with E-state index in [1.54, 1.807) is 6.33 Å². The third-order valence-electron chi connectivity index (χ3n) is 3.45. The van der Waals surface area contributed by atoms with E-state index in [-0.39, 0.29) is 0 Å². The van der Waals surface area contributed by atoms with E-state index in [0.29, 0.717) is 12.0 Å². The number of hydrogen-bond donors (Lipinski definition) is 1. The van der Waals surface area contributed by atoms with Crippen molar-refractivity contribution in [2.24, 2.45) is 5.92 Å². The molecule has 1 aliphatic heterocycles. The van der Waals surface area contributed by atoms with Gasteiger partial charge in [-0.05, 0) is 5.92 Å². The summed E-state index contributed by atoms with van der Waals surface area (Å²) in [4.78, 5) is 10.5. The molecule has 0 aliphatic carbocycles. The molecule has 1 N–H and O–H groups in total. The Balaban J connectivity index is 2.02. The Morgan fingerprint density at radius 3 is 2.94 bits per heavy atom.